The molecular formula is C15H23N3O2. The number of piperidine rings is 1. The topological polar surface area (TPSA) is 47.5 Å². The molecule has 1 aromatic rings. The summed E-state index contributed by atoms with van der Waals surface area (Å²) in [6.07, 6.45) is 6.39. The zero-order valence-electron chi connectivity index (χ0n) is 12.5. The molecule has 5 heteroatoms. The summed E-state index contributed by atoms with van der Waals surface area (Å²) in [6.45, 7) is 0. The van der Waals surface area contributed by atoms with Crippen molar-refractivity contribution >= 4 is 0 Å². The highest BCUT2D eigenvalue weighted by Gasteiger charge is 2.39. The maximum absolute atomic E-state index is 5.28. The van der Waals surface area contributed by atoms with Gasteiger partial charge in [0.15, 0.2) is 0 Å². The van der Waals surface area contributed by atoms with Crippen molar-refractivity contribution in [1.29, 1.82) is 0 Å². The van der Waals surface area contributed by atoms with E-state index in [0.29, 0.717) is 18.0 Å². The Morgan fingerprint density at radius 2 is 1.85 bits per heavy atom. The first-order valence-corrected chi connectivity index (χ1v) is 7.33. The molecule has 0 spiro atoms. The highest BCUT2D eigenvalue weighted by Crippen LogP contribution is 2.41. The SMILES string of the molecule is COC(OC)c1ccnc(C2CC3CCC(C2)N3C)n1. The molecule has 0 radical (unpaired) electrons. The van der Waals surface area contributed by atoms with E-state index in [-0.39, 0.29) is 0 Å². The third kappa shape index (κ3) is 2.45. The van der Waals surface area contributed by atoms with Gasteiger partial charge in [0.25, 0.3) is 0 Å². The van der Waals surface area contributed by atoms with Crippen LogP contribution in [0.1, 0.15) is 49.4 Å². The van der Waals surface area contributed by atoms with Crippen LogP contribution in [-0.4, -0.2) is 48.2 Å². The zero-order valence-corrected chi connectivity index (χ0v) is 12.5. The lowest BCUT2D eigenvalue weighted by atomic mass is 9.90. The highest BCUT2D eigenvalue weighted by molar-refractivity contribution is 5.10. The number of rotatable bonds is 4. The lowest BCUT2D eigenvalue weighted by Gasteiger charge is -2.35. The average Bonchev–Trinajstić information content (AvgIpc) is 2.70. The van der Waals surface area contributed by atoms with Crippen molar-refractivity contribution in [3.63, 3.8) is 0 Å². The molecule has 2 aliphatic heterocycles. The summed E-state index contributed by atoms with van der Waals surface area (Å²) in [7, 11) is 5.51. The fraction of sp³-hybridized carbons (Fsp3) is 0.733. The molecule has 0 saturated carbocycles. The second-order valence-corrected chi connectivity index (χ2v) is 5.86. The number of hydrogen-bond donors (Lipinski definition) is 0. The van der Waals surface area contributed by atoms with Crippen LogP contribution in [0.3, 0.4) is 0 Å². The number of fused-ring (bicyclic) bond motifs is 2. The molecule has 0 aromatic carbocycles. The van der Waals surface area contributed by atoms with Crippen molar-refractivity contribution in [1.82, 2.24) is 14.9 Å². The summed E-state index contributed by atoms with van der Waals surface area (Å²) in [6, 6.07) is 3.27. The minimum atomic E-state index is -0.403. The lowest BCUT2D eigenvalue weighted by Crippen LogP contribution is -2.39. The fourth-order valence-corrected chi connectivity index (χ4v) is 3.68. The molecular weight excluding hydrogens is 254 g/mol. The normalized spacial score (nSPS) is 30.1. The maximum atomic E-state index is 5.28. The molecule has 0 amide bonds. The van der Waals surface area contributed by atoms with E-state index in [9.17, 15) is 0 Å². The van der Waals surface area contributed by atoms with Crippen LogP contribution in [0.15, 0.2) is 12.3 Å². The van der Waals surface area contributed by atoms with Gasteiger partial charge >= 0.3 is 0 Å². The van der Waals surface area contributed by atoms with Crippen molar-refractivity contribution < 1.29 is 9.47 Å². The maximum Gasteiger partial charge on any atom is 0.200 e. The number of ether oxygens (including phenoxy) is 2. The number of hydrogen-bond acceptors (Lipinski definition) is 5. The summed E-state index contributed by atoms with van der Waals surface area (Å²) < 4.78 is 10.6. The lowest BCUT2D eigenvalue weighted by molar-refractivity contribution is -0.108. The fourth-order valence-electron chi connectivity index (χ4n) is 3.68. The van der Waals surface area contributed by atoms with Crippen molar-refractivity contribution in [2.24, 2.45) is 0 Å². The van der Waals surface area contributed by atoms with E-state index < -0.39 is 6.29 Å². The van der Waals surface area contributed by atoms with Crippen LogP contribution < -0.4 is 0 Å². The predicted octanol–water partition coefficient (Wildman–Crippen LogP) is 2.11. The van der Waals surface area contributed by atoms with E-state index in [4.69, 9.17) is 9.47 Å². The Morgan fingerprint density at radius 3 is 2.45 bits per heavy atom. The monoisotopic (exact) mass is 277 g/mol. The first kappa shape index (κ1) is 13.9. The number of aromatic nitrogens is 2. The van der Waals surface area contributed by atoms with E-state index in [1.807, 2.05) is 12.3 Å². The van der Waals surface area contributed by atoms with Gasteiger partial charge in [-0.1, -0.05) is 0 Å². The van der Waals surface area contributed by atoms with E-state index in [2.05, 4.69) is 21.9 Å². The van der Waals surface area contributed by atoms with Gasteiger partial charge in [-0.3, -0.25) is 0 Å². The van der Waals surface area contributed by atoms with Crippen molar-refractivity contribution in [2.45, 2.75) is 50.0 Å². The van der Waals surface area contributed by atoms with Gasteiger partial charge in [0, 0.05) is 38.4 Å². The standard InChI is InChI=1S/C15H23N3O2/c1-18-11-4-5-12(18)9-10(8-11)14-16-7-6-13(17-14)15(19-2)20-3/h6-7,10-12,15H,4-5,8-9H2,1-3H3. The number of nitrogens with zero attached hydrogens (tertiary/aromatic N) is 3. The van der Waals surface area contributed by atoms with E-state index in [1.54, 1.807) is 14.2 Å². The van der Waals surface area contributed by atoms with Gasteiger partial charge in [0.05, 0.1) is 5.69 Å². The summed E-state index contributed by atoms with van der Waals surface area (Å²) in [5.41, 5.74) is 0.811. The molecule has 110 valence electrons. The predicted molar refractivity (Wildman–Crippen MR) is 75.3 cm³/mol. The quantitative estimate of drug-likeness (QED) is 0.789. The molecule has 20 heavy (non-hydrogen) atoms. The van der Waals surface area contributed by atoms with Gasteiger partial charge < -0.3 is 14.4 Å². The van der Waals surface area contributed by atoms with E-state index >= 15 is 0 Å². The molecule has 1 aromatic heterocycles. The molecule has 2 fully saturated rings. The molecule has 5 nitrogen and oxygen atoms in total. The van der Waals surface area contributed by atoms with Crippen LogP contribution >= 0.6 is 0 Å². The molecule has 0 aliphatic carbocycles. The van der Waals surface area contributed by atoms with Crippen molar-refractivity contribution in [2.75, 3.05) is 21.3 Å². The van der Waals surface area contributed by atoms with E-state index in [0.717, 1.165) is 11.5 Å². The molecule has 3 heterocycles. The van der Waals surface area contributed by atoms with Crippen LogP contribution in [0.2, 0.25) is 0 Å². The Kier molecular flexibility index (Phi) is 4.01. The van der Waals surface area contributed by atoms with Crippen LogP contribution in [-0.2, 0) is 9.47 Å². The van der Waals surface area contributed by atoms with Crippen LogP contribution in [0, 0.1) is 0 Å². The Morgan fingerprint density at radius 1 is 1.20 bits per heavy atom. The Balaban J connectivity index is 1.79. The Labute approximate surface area is 120 Å². The summed E-state index contributed by atoms with van der Waals surface area (Å²) >= 11 is 0. The second kappa shape index (κ2) is 5.76. The Hall–Kier alpha value is -1.04. The largest absolute Gasteiger partial charge is 0.350 e. The minimum absolute atomic E-state index is 0.403. The van der Waals surface area contributed by atoms with Crippen molar-refractivity contribution in [3.8, 4) is 0 Å². The van der Waals surface area contributed by atoms with Gasteiger partial charge in [-0.25, -0.2) is 9.97 Å². The third-order valence-electron chi connectivity index (χ3n) is 4.83. The molecule has 2 atom stereocenters. The number of methoxy groups -OCH3 is 2. The molecule has 2 bridgehead atoms. The highest BCUT2D eigenvalue weighted by atomic mass is 16.7. The first-order valence-electron chi connectivity index (χ1n) is 7.33. The zero-order chi connectivity index (χ0) is 14.1. The molecule has 0 N–H and O–H groups in total. The summed E-state index contributed by atoms with van der Waals surface area (Å²) in [5, 5.41) is 0. The molecule has 2 unspecified atom stereocenters. The minimum Gasteiger partial charge on any atom is -0.350 e. The summed E-state index contributed by atoms with van der Waals surface area (Å²) in [5.74, 6) is 1.42. The van der Waals surface area contributed by atoms with Gasteiger partial charge in [-0.2, -0.15) is 0 Å². The first-order chi connectivity index (χ1) is 9.72. The molecule has 2 aliphatic rings. The smallest absolute Gasteiger partial charge is 0.200 e. The van der Waals surface area contributed by atoms with Crippen LogP contribution in [0.5, 0.6) is 0 Å². The second-order valence-electron chi connectivity index (χ2n) is 5.86. The van der Waals surface area contributed by atoms with Gasteiger partial charge in [-0.15, -0.1) is 0 Å². The van der Waals surface area contributed by atoms with Gasteiger partial charge in [0.2, 0.25) is 6.29 Å². The van der Waals surface area contributed by atoms with Crippen LogP contribution in [0.4, 0.5) is 0 Å². The van der Waals surface area contributed by atoms with Crippen LogP contribution in [0.25, 0.3) is 0 Å². The van der Waals surface area contributed by atoms with Gasteiger partial charge in [0.1, 0.15) is 5.82 Å². The average molecular weight is 277 g/mol. The molecule has 2 saturated heterocycles. The van der Waals surface area contributed by atoms with Gasteiger partial charge in [-0.05, 0) is 38.8 Å². The van der Waals surface area contributed by atoms with E-state index in [1.165, 1.54) is 25.7 Å². The molecule has 3 rings (SSSR count). The van der Waals surface area contributed by atoms with Crippen molar-refractivity contribution in [3.05, 3.63) is 23.8 Å². The third-order valence-corrected chi connectivity index (χ3v) is 4.83. The summed E-state index contributed by atoms with van der Waals surface area (Å²) in [4.78, 5) is 11.7. The Bertz CT molecular complexity index is 450.